The number of hydrogen-bond acceptors (Lipinski definition) is 2. The van der Waals surface area contributed by atoms with Gasteiger partial charge in [0.1, 0.15) is 0 Å². The summed E-state index contributed by atoms with van der Waals surface area (Å²) in [4.78, 5) is 20.9. The Balaban J connectivity index is 3.05. The maximum absolute atomic E-state index is 10.5. The summed E-state index contributed by atoms with van der Waals surface area (Å²) in [5, 5.41) is 8.57. The Morgan fingerprint density at radius 3 is 1.26 bits per heavy atom. The number of unbranched alkanes of at least 4 members (excludes halogenated alkanes) is 17. The number of nitrogens with two attached hydrogens (primary N) is 1. The van der Waals surface area contributed by atoms with Crippen LogP contribution in [0, 0.1) is 0 Å². The fraction of sp³-hybridized carbons (Fsp3) is 0.826. The van der Waals surface area contributed by atoms with Gasteiger partial charge < -0.3 is 10.8 Å². The van der Waals surface area contributed by atoms with Gasteiger partial charge in [-0.25, -0.2) is 0 Å². The lowest BCUT2D eigenvalue weighted by molar-refractivity contribution is -0.137. The Morgan fingerprint density at radius 1 is 0.593 bits per heavy atom. The smallest absolute Gasteiger partial charge is 0.303 e. The molecule has 1 amide bonds. The second-order valence-corrected chi connectivity index (χ2v) is 7.75. The molecule has 0 rings (SSSR count). The van der Waals surface area contributed by atoms with Gasteiger partial charge in [-0.2, -0.15) is 0 Å². The molecule has 0 bridgehead atoms. The van der Waals surface area contributed by atoms with E-state index in [2.05, 4.69) is 0 Å². The third-order valence-corrected chi connectivity index (χ3v) is 5.04. The highest BCUT2D eigenvalue weighted by Gasteiger charge is 1.97. The zero-order valence-electron chi connectivity index (χ0n) is 17.4. The fourth-order valence-corrected chi connectivity index (χ4v) is 3.39. The second-order valence-electron chi connectivity index (χ2n) is 7.75. The Hall–Kier alpha value is -1.32. The first-order chi connectivity index (χ1) is 13.1. The molecular weight excluding hydrogens is 338 g/mol. The van der Waals surface area contributed by atoms with Crippen LogP contribution in [0.2, 0.25) is 0 Å². The zero-order chi connectivity index (χ0) is 20.0. The molecule has 0 atom stereocenters. The molecule has 0 fully saturated rings. The van der Waals surface area contributed by atoms with Crippen LogP contribution < -0.4 is 5.73 Å². The molecule has 27 heavy (non-hydrogen) atoms. The monoisotopic (exact) mass is 381 g/mol. The summed E-state index contributed by atoms with van der Waals surface area (Å²) in [7, 11) is 0. The Bertz CT molecular complexity index is 380. The first-order valence-corrected chi connectivity index (χ1v) is 11.3. The molecule has 0 spiro atoms. The van der Waals surface area contributed by atoms with E-state index in [4.69, 9.17) is 10.8 Å². The van der Waals surface area contributed by atoms with Gasteiger partial charge in [0.05, 0.1) is 0 Å². The van der Waals surface area contributed by atoms with E-state index in [0.29, 0.717) is 6.42 Å². The quantitative estimate of drug-likeness (QED) is 0.175. The molecule has 3 N–H and O–H groups in total. The van der Waals surface area contributed by atoms with Gasteiger partial charge in [0.2, 0.25) is 5.91 Å². The van der Waals surface area contributed by atoms with Gasteiger partial charge in [0.25, 0.3) is 0 Å². The Kier molecular flexibility index (Phi) is 20.0. The van der Waals surface area contributed by atoms with E-state index in [9.17, 15) is 9.59 Å². The minimum atomic E-state index is -0.665. The summed E-state index contributed by atoms with van der Waals surface area (Å²) in [6.07, 6.45) is 26.3. The number of carboxylic acids is 1. The zero-order valence-corrected chi connectivity index (χ0v) is 17.4. The van der Waals surface area contributed by atoms with Gasteiger partial charge in [-0.1, -0.05) is 102 Å². The van der Waals surface area contributed by atoms with Crippen molar-refractivity contribution in [2.75, 3.05) is 0 Å². The number of carbonyl (C=O) groups is 2. The first kappa shape index (κ1) is 25.7. The predicted octanol–water partition coefficient (Wildman–Crippen LogP) is 6.52. The maximum atomic E-state index is 10.5. The number of aliphatic carboxylic acids is 1. The van der Waals surface area contributed by atoms with E-state index in [1.165, 1.54) is 96.0 Å². The van der Waals surface area contributed by atoms with Gasteiger partial charge in [-0.05, 0) is 25.3 Å². The van der Waals surface area contributed by atoms with Gasteiger partial charge in [-0.3, -0.25) is 9.59 Å². The third-order valence-electron chi connectivity index (χ3n) is 5.04. The van der Waals surface area contributed by atoms with Crippen LogP contribution in [0.15, 0.2) is 12.2 Å². The lowest BCUT2D eigenvalue weighted by Gasteiger charge is -2.03. The number of primary amides is 1. The third kappa shape index (κ3) is 24.7. The topological polar surface area (TPSA) is 80.4 Å². The highest BCUT2D eigenvalue weighted by molar-refractivity contribution is 5.85. The number of amides is 1. The van der Waals surface area contributed by atoms with Crippen LogP contribution in [0.3, 0.4) is 0 Å². The molecular formula is C23H43NO3. The van der Waals surface area contributed by atoms with Crippen LogP contribution in [-0.4, -0.2) is 17.0 Å². The van der Waals surface area contributed by atoms with Crippen molar-refractivity contribution >= 4 is 11.9 Å². The first-order valence-electron chi connectivity index (χ1n) is 11.3. The van der Waals surface area contributed by atoms with Crippen molar-refractivity contribution in [2.45, 2.75) is 122 Å². The van der Waals surface area contributed by atoms with Gasteiger partial charge in [0.15, 0.2) is 0 Å². The van der Waals surface area contributed by atoms with E-state index in [0.717, 1.165) is 25.7 Å². The van der Waals surface area contributed by atoms with Crippen molar-refractivity contribution in [1.82, 2.24) is 0 Å². The molecule has 0 heterocycles. The summed E-state index contributed by atoms with van der Waals surface area (Å²) >= 11 is 0. The average molecular weight is 382 g/mol. The molecule has 0 saturated carbocycles. The summed E-state index contributed by atoms with van der Waals surface area (Å²) in [5.74, 6) is -1.01. The number of rotatable bonds is 21. The van der Waals surface area contributed by atoms with Gasteiger partial charge >= 0.3 is 5.97 Å². The molecule has 0 aliphatic carbocycles. The molecule has 0 aliphatic heterocycles. The molecule has 0 unspecified atom stereocenters. The Morgan fingerprint density at radius 2 is 0.926 bits per heavy atom. The highest BCUT2D eigenvalue weighted by Crippen LogP contribution is 2.14. The fourth-order valence-electron chi connectivity index (χ4n) is 3.39. The van der Waals surface area contributed by atoms with Gasteiger partial charge in [-0.15, -0.1) is 0 Å². The molecule has 158 valence electrons. The normalized spacial score (nSPS) is 11.3. The molecule has 0 aromatic heterocycles. The molecule has 4 heteroatoms. The van der Waals surface area contributed by atoms with E-state index in [1.807, 2.05) is 6.08 Å². The van der Waals surface area contributed by atoms with E-state index in [1.54, 1.807) is 0 Å². The van der Waals surface area contributed by atoms with Gasteiger partial charge in [0, 0.05) is 6.42 Å². The Labute approximate surface area is 167 Å². The van der Waals surface area contributed by atoms with Crippen LogP contribution in [0.25, 0.3) is 0 Å². The van der Waals surface area contributed by atoms with E-state index in [-0.39, 0.29) is 5.91 Å². The molecule has 0 aromatic carbocycles. The van der Waals surface area contributed by atoms with Crippen LogP contribution >= 0.6 is 0 Å². The maximum Gasteiger partial charge on any atom is 0.303 e. The van der Waals surface area contributed by atoms with E-state index < -0.39 is 5.97 Å². The van der Waals surface area contributed by atoms with Crippen molar-refractivity contribution in [3.05, 3.63) is 12.2 Å². The standard InChI is InChI=1S/C23H43NO3/c24-22(25)20-18-16-14-12-10-8-6-4-2-1-3-5-7-9-11-13-15-17-19-21-23(26)27/h18,20H,1-17,19,21H2,(H2,24,25)(H,26,27). The second kappa shape index (κ2) is 21.0. The summed E-state index contributed by atoms with van der Waals surface area (Å²) < 4.78 is 0. The lowest BCUT2D eigenvalue weighted by atomic mass is 10.0. The van der Waals surface area contributed by atoms with Crippen LogP contribution in [-0.2, 0) is 9.59 Å². The highest BCUT2D eigenvalue weighted by atomic mass is 16.4. The predicted molar refractivity (Wildman–Crippen MR) is 114 cm³/mol. The number of carboxylic acid groups (broad SMARTS) is 1. The van der Waals surface area contributed by atoms with Crippen molar-refractivity contribution in [3.8, 4) is 0 Å². The van der Waals surface area contributed by atoms with Crippen molar-refractivity contribution in [2.24, 2.45) is 5.73 Å². The summed E-state index contributed by atoms with van der Waals surface area (Å²) in [6, 6.07) is 0. The minimum Gasteiger partial charge on any atom is -0.481 e. The summed E-state index contributed by atoms with van der Waals surface area (Å²) in [6.45, 7) is 0. The number of allylic oxidation sites excluding steroid dienone is 1. The molecule has 0 aliphatic rings. The minimum absolute atomic E-state index is 0.329. The van der Waals surface area contributed by atoms with Crippen molar-refractivity contribution < 1.29 is 14.7 Å². The SMILES string of the molecule is NC(=O)C=CCCCCCCCCCCCCCCCCCCCC(=O)O. The molecule has 0 saturated heterocycles. The van der Waals surface area contributed by atoms with Crippen molar-refractivity contribution in [1.29, 1.82) is 0 Å². The van der Waals surface area contributed by atoms with Crippen LogP contribution in [0.5, 0.6) is 0 Å². The van der Waals surface area contributed by atoms with Crippen LogP contribution in [0.1, 0.15) is 122 Å². The molecule has 4 nitrogen and oxygen atoms in total. The van der Waals surface area contributed by atoms with Crippen LogP contribution in [0.4, 0.5) is 0 Å². The lowest BCUT2D eigenvalue weighted by Crippen LogP contribution is -2.05. The summed E-state index contributed by atoms with van der Waals surface area (Å²) in [5.41, 5.74) is 5.04. The number of carbonyl (C=O) groups excluding carboxylic acids is 1. The molecule has 0 aromatic rings. The van der Waals surface area contributed by atoms with Crippen molar-refractivity contribution in [3.63, 3.8) is 0 Å². The average Bonchev–Trinajstić information content (AvgIpc) is 2.62. The van der Waals surface area contributed by atoms with E-state index >= 15 is 0 Å². The molecule has 0 radical (unpaired) electrons. The largest absolute Gasteiger partial charge is 0.481 e. The number of hydrogen-bond donors (Lipinski definition) is 2.